The van der Waals surface area contributed by atoms with Gasteiger partial charge < -0.3 is 10.4 Å². The highest BCUT2D eigenvalue weighted by molar-refractivity contribution is 6.30. The first-order valence-electron chi connectivity index (χ1n) is 7.76. The number of aryl methyl sites for hydroxylation is 1. The number of alkyl halides is 3. The summed E-state index contributed by atoms with van der Waals surface area (Å²) >= 11 is 5.60. The Bertz CT molecular complexity index is 1000. The summed E-state index contributed by atoms with van der Waals surface area (Å²) in [5.74, 6) is -1.80. The zero-order valence-electron chi connectivity index (χ0n) is 14.1. The van der Waals surface area contributed by atoms with Crippen molar-refractivity contribution < 1.29 is 22.7 Å². The maximum Gasteiger partial charge on any atom is 0.453 e. The smallest absolute Gasteiger partial charge is 0.387 e. The van der Waals surface area contributed by atoms with Gasteiger partial charge in [0.15, 0.2) is 5.65 Å². The largest absolute Gasteiger partial charge is 0.453 e. The van der Waals surface area contributed by atoms with E-state index >= 15 is 0 Å². The summed E-state index contributed by atoms with van der Waals surface area (Å²) < 4.78 is 53.3. The van der Waals surface area contributed by atoms with Gasteiger partial charge in [-0.3, -0.25) is 0 Å². The molecule has 3 rings (SSSR count). The molecule has 11 heteroatoms. The second-order valence-electron chi connectivity index (χ2n) is 5.93. The number of aliphatic hydroxyl groups is 1. The van der Waals surface area contributed by atoms with E-state index < -0.39 is 23.9 Å². The topological polar surface area (TPSA) is 75.3 Å². The van der Waals surface area contributed by atoms with Crippen molar-refractivity contribution in [2.24, 2.45) is 0 Å². The Labute approximate surface area is 155 Å². The van der Waals surface area contributed by atoms with Gasteiger partial charge in [-0.1, -0.05) is 17.7 Å². The quantitative estimate of drug-likeness (QED) is 0.650. The number of anilines is 1. The Morgan fingerprint density at radius 3 is 2.56 bits per heavy atom. The molecule has 1 unspecified atom stereocenters. The summed E-state index contributed by atoms with van der Waals surface area (Å²) in [6.07, 6.45) is -5.84. The average Bonchev–Trinajstić information content (AvgIpc) is 3.03. The molecule has 0 aliphatic heterocycles. The summed E-state index contributed by atoms with van der Waals surface area (Å²) in [5, 5.41) is 23.5. The Morgan fingerprint density at radius 2 is 1.93 bits per heavy atom. The number of halogens is 5. The van der Waals surface area contributed by atoms with Crippen LogP contribution in [0.2, 0.25) is 5.02 Å². The highest BCUT2D eigenvalue weighted by Gasteiger charge is 2.38. The van der Waals surface area contributed by atoms with Crippen LogP contribution in [0, 0.1) is 19.7 Å². The van der Waals surface area contributed by atoms with Gasteiger partial charge in [0.25, 0.3) is 5.82 Å². The predicted molar refractivity (Wildman–Crippen MR) is 90.1 cm³/mol. The number of nitrogens with zero attached hydrogens (tertiary/aromatic N) is 4. The lowest BCUT2D eigenvalue weighted by atomic mass is 10.1. The average molecular weight is 404 g/mol. The van der Waals surface area contributed by atoms with Crippen LogP contribution < -0.4 is 5.32 Å². The van der Waals surface area contributed by atoms with Gasteiger partial charge in [-0.25, -0.2) is 4.39 Å². The van der Waals surface area contributed by atoms with Crippen molar-refractivity contribution in [2.75, 3.05) is 11.9 Å². The first kappa shape index (κ1) is 19.3. The molecule has 144 valence electrons. The van der Waals surface area contributed by atoms with Gasteiger partial charge in [-0.2, -0.15) is 17.7 Å². The minimum Gasteiger partial charge on any atom is -0.387 e. The molecule has 2 N–H and O–H groups in total. The van der Waals surface area contributed by atoms with Crippen LogP contribution >= 0.6 is 11.6 Å². The van der Waals surface area contributed by atoms with E-state index in [1.165, 1.54) is 12.1 Å². The molecule has 6 nitrogen and oxygen atoms in total. The number of benzene rings is 1. The van der Waals surface area contributed by atoms with E-state index in [-0.39, 0.29) is 28.6 Å². The zero-order valence-corrected chi connectivity index (χ0v) is 14.9. The molecule has 0 saturated carbocycles. The second-order valence-corrected chi connectivity index (χ2v) is 6.33. The van der Waals surface area contributed by atoms with E-state index in [4.69, 9.17) is 11.6 Å². The molecule has 2 aromatic heterocycles. The summed E-state index contributed by atoms with van der Waals surface area (Å²) in [5.41, 5.74) is 1.27. The van der Waals surface area contributed by atoms with Crippen molar-refractivity contribution in [1.82, 2.24) is 19.8 Å². The summed E-state index contributed by atoms with van der Waals surface area (Å²) in [7, 11) is 0. The number of fused-ring (bicyclic) bond motifs is 1. The van der Waals surface area contributed by atoms with Crippen molar-refractivity contribution in [2.45, 2.75) is 26.1 Å². The minimum absolute atomic E-state index is 0.00862. The third-order valence-corrected chi connectivity index (χ3v) is 4.45. The van der Waals surface area contributed by atoms with Gasteiger partial charge in [-0.15, -0.1) is 15.3 Å². The van der Waals surface area contributed by atoms with Crippen molar-refractivity contribution in [1.29, 1.82) is 0 Å². The van der Waals surface area contributed by atoms with Crippen LogP contribution in [0.5, 0.6) is 0 Å². The van der Waals surface area contributed by atoms with Gasteiger partial charge in [-0.05, 0) is 37.1 Å². The lowest BCUT2D eigenvalue weighted by Gasteiger charge is -2.16. The van der Waals surface area contributed by atoms with Crippen molar-refractivity contribution in [3.05, 3.63) is 51.6 Å². The molecule has 1 aromatic carbocycles. The molecular formula is C16H14ClF4N5O. The van der Waals surface area contributed by atoms with Crippen LogP contribution in [0.15, 0.2) is 18.2 Å². The van der Waals surface area contributed by atoms with Gasteiger partial charge in [0.2, 0.25) is 0 Å². The van der Waals surface area contributed by atoms with Crippen LogP contribution in [-0.2, 0) is 6.18 Å². The predicted octanol–water partition coefficient (Wildman–Crippen LogP) is 3.70. The molecule has 0 fully saturated rings. The minimum atomic E-state index is -4.72. The Balaban J connectivity index is 1.90. The van der Waals surface area contributed by atoms with Crippen LogP contribution in [0.4, 0.5) is 23.4 Å². The summed E-state index contributed by atoms with van der Waals surface area (Å²) in [6, 6.07) is 3.85. The van der Waals surface area contributed by atoms with Gasteiger partial charge >= 0.3 is 6.18 Å². The molecule has 3 aromatic rings. The molecule has 0 aliphatic carbocycles. The highest BCUT2D eigenvalue weighted by atomic mass is 35.5. The fourth-order valence-electron chi connectivity index (χ4n) is 2.50. The lowest BCUT2D eigenvalue weighted by molar-refractivity contribution is -0.146. The van der Waals surface area contributed by atoms with Crippen LogP contribution in [0.25, 0.3) is 5.65 Å². The normalized spacial score (nSPS) is 13.2. The third-order valence-electron chi connectivity index (χ3n) is 4.14. The summed E-state index contributed by atoms with van der Waals surface area (Å²) in [6.45, 7) is 3.14. The Morgan fingerprint density at radius 1 is 1.22 bits per heavy atom. The number of rotatable bonds is 4. The van der Waals surface area contributed by atoms with E-state index in [0.29, 0.717) is 15.6 Å². The molecule has 0 saturated heterocycles. The second kappa shape index (κ2) is 6.93. The molecule has 27 heavy (non-hydrogen) atoms. The SMILES string of the molecule is Cc1c(NCC(O)c2ccc(Cl)c(F)c2)nn2c(C(F)(F)F)nnc2c1C. The van der Waals surface area contributed by atoms with E-state index in [2.05, 4.69) is 20.6 Å². The standard InChI is InChI=1S/C16H14ClF4N5O/c1-7-8(2)14-23-24-15(16(19,20)21)26(14)25-13(7)22-6-12(27)9-3-4-10(17)11(18)5-9/h3-5,12,27H,6H2,1-2H3,(H,22,25). The highest BCUT2D eigenvalue weighted by Crippen LogP contribution is 2.30. The molecule has 0 amide bonds. The van der Waals surface area contributed by atoms with E-state index in [0.717, 1.165) is 6.07 Å². The molecule has 1 atom stereocenters. The zero-order chi connectivity index (χ0) is 19.9. The first-order valence-corrected chi connectivity index (χ1v) is 8.14. The molecule has 0 radical (unpaired) electrons. The van der Waals surface area contributed by atoms with E-state index in [1.807, 2.05) is 0 Å². The molecule has 0 spiro atoms. The van der Waals surface area contributed by atoms with Crippen LogP contribution in [0.3, 0.4) is 0 Å². The summed E-state index contributed by atoms with van der Waals surface area (Å²) in [4.78, 5) is 0. The monoisotopic (exact) mass is 403 g/mol. The van der Waals surface area contributed by atoms with E-state index in [9.17, 15) is 22.7 Å². The van der Waals surface area contributed by atoms with Crippen molar-refractivity contribution in [3.63, 3.8) is 0 Å². The number of aliphatic hydroxyl groups excluding tert-OH is 1. The van der Waals surface area contributed by atoms with Gasteiger partial charge in [0.05, 0.1) is 11.1 Å². The maximum absolute atomic E-state index is 13.5. The lowest BCUT2D eigenvalue weighted by Crippen LogP contribution is -2.18. The molecule has 0 bridgehead atoms. The van der Waals surface area contributed by atoms with Gasteiger partial charge in [0.1, 0.15) is 11.6 Å². The Kier molecular flexibility index (Phi) is 4.96. The number of aromatic nitrogens is 4. The number of nitrogens with one attached hydrogen (secondary N) is 1. The fraction of sp³-hybridized carbons (Fsp3) is 0.312. The maximum atomic E-state index is 13.5. The number of hydrogen-bond donors (Lipinski definition) is 2. The van der Waals surface area contributed by atoms with Crippen LogP contribution in [-0.4, -0.2) is 31.5 Å². The Hall–Kier alpha value is -2.46. The molecule has 2 heterocycles. The van der Waals surface area contributed by atoms with Crippen LogP contribution in [0.1, 0.15) is 28.6 Å². The third kappa shape index (κ3) is 3.67. The first-order chi connectivity index (χ1) is 12.6. The van der Waals surface area contributed by atoms with Gasteiger partial charge in [0, 0.05) is 12.1 Å². The fourth-order valence-corrected chi connectivity index (χ4v) is 2.62. The molecule has 0 aliphatic rings. The van der Waals surface area contributed by atoms with E-state index in [1.54, 1.807) is 13.8 Å². The molecular weight excluding hydrogens is 390 g/mol. The van der Waals surface area contributed by atoms with Crippen molar-refractivity contribution >= 4 is 23.1 Å². The van der Waals surface area contributed by atoms with Crippen molar-refractivity contribution in [3.8, 4) is 0 Å². The number of hydrogen-bond acceptors (Lipinski definition) is 5.